The standard InChI is InChI=1S/C23H26Cl2N4O3S/c1-14(2)22(31)29-10-8-28(9-11-29)17-6-4-16(5-7-17)26-23(33)27-21(30)18-12-15(24)13-19(25)20(18)32-3/h4-7,12-14H,8-11H2,1-3H3,(H2,26,27,30,33). The number of carbonyl (C=O) groups excluding carboxylic acids is 2. The quantitative estimate of drug-likeness (QED) is 0.581. The van der Waals surface area contributed by atoms with Gasteiger partial charge >= 0.3 is 0 Å². The minimum Gasteiger partial charge on any atom is -0.494 e. The van der Waals surface area contributed by atoms with Crippen LogP contribution in [0.1, 0.15) is 24.2 Å². The zero-order chi connectivity index (χ0) is 24.1. The maximum absolute atomic E-state index is 12.6. The van der Waals surface area contributed by atoms with Crippen molar-refractivity contribution < 1.29 is 14.3 Å². The van der Waals surface area contributed by atoms with Crippen molar-refractivity contribution in [1.82, 2.24) is 10.2 Å². The molecule has 10 heteroatoms. The zero-order valence-corrected chi connectivity index (χ0v) is 21.0. The van der Waals surface area contributed by atoms with Crippen LogP contribution in [0.5, 0.6) is 5.75 Å². The summed E-state index contributed by atoms with van der Waals surface area (Å²) in [4.78, 5) is 29.0. The summed E-state index contributed by atoms with van der Waals surface area (Å²) < 4.78 is 5.21. The van der Waals surface area contributed by atoms with Crippen LogP contribution in [-0.2, 0) is 4.79 Å². The molecule has 7 nitrogen and oxygen atoms in total. The molecule has 1 fully saturated rings. The summed E-state index contributed by atoms with van der Waals surface area (Å²) in [6, 6.07) is 10.7. The lowest BCUT2D eigenvalue weighted by atomic mass is 10.1. The number of halogens is 2. The fourth-order valence-electron chi connectivity index (χ4n) is 3.58. The average Bonchev–Trinajstić information content (AvgIpc) is 2.78. The van der Waals surface area contributed by atoms with Crippen molar-refractivity contribution in [2.24, 2.45) is 5.92 Å². The van der Waals surface area contributed by atoms with E-state index in [0.29, 0.717) is 18.1 Å². The van der Waals surface area contributed by atoms with Gasteiger partial charge in [-0.25, -0.2) is 0 Å². The van der Waals surface area contributed by atoms with E-state index in [9.17, 15) is 9.59 Å². The van der Waals surface area contributed by atoms with Crippen LogP contribution in [-0.4, -0.2) is 55.1 Å². The predicted octanol–water partition coefficient (Wildman–Crippen LogP) is 4.43. The molecule has 2 aromatic carbocycles. The highest BCUT2D eigenvalue weighted by atomic mass is 35.5. The number of methoxy groups -OCH3 is 1. The van der Waals surface area contributed by atoms with Gasteiger partial charge in [0.05, 0.1) is 17.7 Å². The lowest BCUT2D eigenvalue weighted by molar-refractivity contribution is -0.134. The minimum absolute atomic E-state index is 0.0168. The van der Waals surface area contributed by atoms with Crippen molar-refractivity contribution in [3.63, 3.8) is 0 Å². The monoisotopic (exact) mass is 508 g/mol. The van der Waals surface area contributed by atoms with Gasteiger partial charge in [0.15, 0.2) is 5.11 Å². The van der Waals surface area contributed by atoms with E-state index < -0.39 is 5.91 Å². The van der Waals surface area contributed by atoms with Crippen LogP contribution < -0.4 is 20.3 Å². The number of nitrogens with zero attached hydrogens (tertiary/aromatic N) is 2. The molecule has 2 amide bonds. The number of carbonyl (C=O) groups is 2. The van der Waals surface area contributed by atoms with Crippen LogP contribution in [0, 0.1) is 5.92 Å². The molecular formula is C23H26Cl2N4O3S. The first kappa shape index (κ1) is 25.1. The van der Waals surface area contributed by atoms with Gasteiger partial charge in [-0.3, -0.25) is 14.9 Å². The third kappa shape index (κ3) is 6.28. The number of anilines is 2. The number of rotatable bonds is 5. The average molecular weight is 509 g/mol. The topological polar surface area (TPSA) is 73.9 Å². The van der Waals surface area contributed by atoms with Crippen molar-refractivity contribution in [3.8, 4) is 5.75 Å². The van der Waals surface area contributed by atoms with Crippen LogP contribution in [0.3, 0.4) is 0 Å². The first-order valence-corrected chi connectivity index (χ1v) is 11.6. The van der Waals surface area contributed by atoms with Crippen molar-refractivity contribution in [1.29, 1.82) is 0 Å². The van der Waals surface area contributed by atoms with E-state index in [1.165, 1.54) is 19.2 Å². The lowest BCUT2D eigenvalue weighted by Crippen LogP contribution is -2.49. The van der Waals surface area contributed by atoms with E-state index in [2.05, 4.69) is 15.5 Å². The molecule has 1 aliphatic heterocycles. The third-order valence-corrected chi connectivity index (χ3v) is 5.96. The maximum atomic E-state index is 12.6. The van der Waals surface area contributed by atoms with Gasteiger partial charge in [-0.1, -0.05) is 37.0 Å². The van der Waals surface area contributed by atoms with Crippen LogP contribution >= 0.6 is 35.4 Å². The molecule has 2 aromatic rings. The molecular weight excluding hydrogens is 483 g/mol. The second-order valence-corrected chi connectivity index (χ2v) is 9.14. The Balaban J connectivity index is 1.57. The number of nitrogens with one attached hydrogen (secondary N) is 2. The number of benzene rings is 2. The maximum Gasteiger partial charge on any atom is 0.261 e. The molecule has 176 valence electrons. The molecule has 0 atom stereocenters. The first-order valence-electron chi connectivity index (χ1n) is 10.5. The summed E-state index contributed by atoms with van der Waals surface area (Å²) in [6.07, 6.45) is 0. The normalized spacial score (nSPS) is 13.6. The molecule has 33 heavy (non-hydrogen) atoms. The molecule has 3 rings (SSSR count). The largest absolute Gasteiger partial charge is 0.494 e. The van der Waals surface area contributed by atoms with E-state index >= 15 is 0 Å². The molecule has 0 radical (unpaired) electrons. The number of thiocarbonyl (C=S) groups is 1. The summed E-state index contributed by atoms with van der Waals surface area (Å²) in [7, 11) is 1.42. The number of hydrogen-bond donors (Lipinski definition) is 2. The van der Waals surface area contributed by atoms with Gasteiger partial charge in [0, 0.05) is 48.5 Å². The third-order valence-electron chi connectivity index (χ3n) is 5.26. The summed E-state index contributed by atoms with van der Waals surface area (Å²) in [5.41, 5.74) is 1.98. The molecule has 0 aliphatic carbocycles. The Labute approximate surface area is 209 Å². The molecule has 0 aromatic heterocycles. The Kier molecular flexibility index (Phi) is 8.40. The summed E-state index contributed by atoms with van der Waals surface area (Å²) in [5, 5.41) is 6.29. The lowest BCUT2D eigenvalue weighted by Gasteiger charge is -2.37. The Bertz CT molecular complexity index is 1040. The highest BCUT2D eigenvalue weighted by Crippen LogP contribution is 2.32. The van der Waals surface area contributed by atoms with Crippen molar-refractivity contribution >= 4 is 63.7 Å². The molecule has 1 saturated heterocycles. The Morgan fingerprint density at radius 2 is 1.70 bits per heavy atom. The molecule has 2 N–H and O–H groups in total. The van der Waals surface area contributed by atoms with Crippen LogP contribution in [0.4, 0.5) is 11.4 Å². The molecule has 1 aliphatic rings. The fraction of sp³-hybridized carbons (Fsp3) is 0.348. The first-order chi connectivity index (χ1) is 15.7. The molecule has 0 spiro atoms. The predicted molar refractivity (Wildman–Crippen MR) is 137 cm³/mol. The molecule has 0 unspecified atom stereocenters. The van der Waals surface area contributed by atoms with Crippen LogP contribution in [0.15, 0.2) is 36.4 Å². The van der Waals surface area contributed by atoms with Gasteiger partial charge in [-0.05, 0) is 48.6 Å². The van der Waals surface area contributed by atoms with Gasteiger partial charge in [0.25, 0.3) is 5.91 Å². The summed E-state index contributed by atoms with van der Waals surface area (Å²) >= 11 is 17.4. The van der Waals surface area contributed by atoms with Gasteiger partial charge < -0.3 is 19.9 Å². The minimum atomic E-state index is -0.487. The fourth-order valence-corrected chi connectivity index (χ4v) is 4.36. The van der Waals surface area contributed by atoms with Crippen molar-refractivity contribution in [3.05, 3.63) is 52.0 Å². The Morgan fingerprint density at radius 1 is 1.06 bits per heavy atom. The highest BCUT2D eigenvalue weighted by molar-refractivity contribution is 7.80. The Morgan fingerprint density at radius 3 is 2.27 bits per heavy atom. The van der Waals surface area contributed by atoms with Crippen LogP contribution in [0.25, 0.3) is 0 Å². The van der Waals surface area contributed by atoms with Gasteiger partial charge in [0.2, 0.25) is 5.91 Å². The van der Waals surface area contributed by atoms with E-state index in [1.807, 2.05) is 43.0 Å². The number of hydrogen-bond acceptors (Lipinski definition) is 5. The number of piperazine rings is 1. The molecule has 0 bridgehead atoms. The Hall–Kier alpha value is -2.55. The zero-order valence-electron chi connectivity index (χ0n) is 18.7. The van der Waals surface area contributed by atoms with Crippen LogP contribution in [0.2, 0.25) is 10.0 Å². The molecule has 0 saturated carbocycles. The van der Waals surface area contributed by atoms with E-state index in [-0.39, 0.29) is 33.3 Å². The second kappa shape index (κ2) is 11.0. The van der Waals surface area contributed by atoms with Crippen molar-refractivity contribution in [2.45, 2.75) is 13.8 Å². The number of amides is 2. The smallest absolute Gasteiger partial charge is 0.261 e. The van der Waals surface area contributed by atoms with Crippen molar-refractivity contribution in [2.75, 3.05) is 43.5 Å². The van der Waals surface area contributed by atoms with Gasteiger partial charge in [0.1, 0.15) is 5.75 Å². The summed E-state index contributed by atoms with van der Waals surface area (Å²) in [5.74, 6) is -0.0503. The SMILES string of the molecule is COc1c(Cl)cc(Cl)cc1C(=O)NC(=S)Nc1ccc(N2CCN(C(=O)C(C)C)CC2)cc1. The van der Waals surface area contributed by atoms with Gasteiger partial charge in [-0.2, -0.15) is 0 Å². The number of ether oxygens (including phenoxy) is 1. The molecule has 1 heterocycles. The van der Waals surface area contributed by atoms with Gasteiger partial charge in [-0.15, -0.1) is 0 Å². The summed E-state index contributed by atoms with van der Waals surface area (Å²) in [6.45, 7) is 6.84. The van der Waals surface area contributed by atoms with E-state index in [1.54, 1.807) is 0 Å². The van der Waals surface area contributed by atoms with E-state index in [4.69, 9.17) is 40.2 Å². The van der Waals surface area contributed by atoms with E-state index in [0.717, 1.165) is 24.5 Å². The second-order valence-electron chi connectivity index (χ2n) is 7.89. The highest BCUT2D eigenvalue weighted by Gasteiger charge is 2.23.